The lowest BCUT2D eigenvalue weighted by Crippen LogP contribution is -2.40. The fourth-order valence-corrected chi connectivity index (χ4v) is 1.76. The number of aliphatic hydroxyl groups excluding tert-OH is 1. The van der Waals surface area contributed by atoms with E-state index in [4.69, 9.17) is 0 Å². The van der Waals surface area contributed by atoms with Gasteiger partial charge in [0.1, 0.15) is 0 Å². The van der Waals surface area contributed by atoms with Crippen LogP contribution in [0, 0.1) is 5.41 Å². The van der Waals surface area contributed by atoms with E-state index in [9.17, 15) is 9.90 Å². The van der Waals surface area contributed by atoms with Crippen molar-refractivity contribution in [1.82, 2.24) is 4.98 Å². The lowest BCUT2D eigenvalue weighted by molar-refractivity contribution is -0.125. The predicted octanol–water partition coefficient (Wildman–Crippen LogP) is 1.21. The third-order valence-electron chi connectivity index (χ3n) is 2.65. The third kappa shape index (κ3) is 1.90. The summed E-state index contributed by atoms with van der Waals surface area (Å²) in [7, 11) is 0. The molecule has 16 heavy (non-hydrogen) atoms. The van der Waals surface area contributed by atoms with Crippen LogP contribution in [0.15, 0.2) is 16.7 Å². The molecule has 1 atom stereocenters. The molecule has 2 heterocycles. The summed E-state index contributed by atoms with van der Waals surface area (Å²) in [4.78, 5) is 16.0. The Balaban J connectivity index is 2.37. The van der Waals surface area contributed by atoms with E-state index < -0.39 is 5.41 Å². The molecule has 86 valence electrons. The molecule has 5 nitrogen and oxygen atoms in total. The molecular formula is C10H12BrN3O2. The average molecular weight is 286 g/mol. The number of anilines is 2. The van der Waals surface area contributed by atoms with E-state index in [1.54, 1.807) is 13.1 Å². The summed E-state index contributed by atoms with van der Waals surface area (Å²) < 4.78 is 0.834. The zero-order valence-electron chi connectivity index (χ0n) is 8.75. The van der Waals surface area contributed by atoms with Crippen LogP contribution in [0.3, 0.4) is 0 Å². The van der Waals surface area contributed by atoms with Gasteiger partial charge < -0.3 is 15.7 Å². The first-order valence-electron chi connectivity index (χ1n) is 4.87. The van der Waals surface area contributed by atoms with E-state index in [1.165, 1.54) is 0 Å². The van der Waals surface area contributed by atoms with Gasteiger partial charge in [0, 0.05) is 17.2 Å². The van der Waals surface area contributed by atoms with Gasteiger partial charge in [-0.2, -0.15) is 0 Å². The van der Waals surface area contributed by atoms with Gasteiger partial charge in [-0.1, -0.05) is 0 Å². The van der Waals surface area contributed by atoms with Crippen molar-refractivity contribution in [3.63, 3.8) is 0 Å². The minimum absolute atomic E-state index is 0.207. The molecule has 0 spiro atoms. The highest BCUT2D eigenvalue weighted by molar-refractivity contribution is 9.10. The summed E-state index contributed by atoms with van der Waals surface area (Å²) in [5.41, 5.74) is -0.0763. The number of hydrogen-bond acceptors (Lipinski definition) is 4. The van der Waals surface area contributed by atoms with Crippen molar-refractivity contribution in [2.45, 2.75) is 6.92 Å². The van der Waals surface area contributed by atoms with Gasteiger partial charge in [-0.05, 0) is 28.9 Å². The molecule has 0 aromatic carbocycles. The van der Waals surface area contributed by atoms with Gasteiger partial charge >= 0.3 is 0 Å². The quantitative estimate of drug-likeness (QED) is 0.725. The van der Waals surface area contributed by atoms with Crippen LogP contribution in [0.5, 0.6) is 0 Å². The molecule has 1 aromatic heterocycles. The Morgan fingerprint density at radius 2 is 2.44 bits per heavy atom. The molecule has 0 radical (unpaired) electrons. The zero-order valence-corrected chi connectivity index (χ0v) is 10.3. The smallest absolute Gasteiger partial charge is 0.235 e. The largest absolute Gasteiger partial charge is 0.395 e. The number of aromatic nitrogens is 1. The van der Waals surface area contributed by atoms with E-state index >= 15 is 0 Å². The van der Waals surface area contributed by atoms with Crippen molar-refractivity contribution in [3.05, 3.63) is 16.7 Å². The van der Waals surface area contributed by atoms with Gasteiger partial charge in [-0.3, -0.25) is 4.79 Å². The number of aliphatic hydroxyl groups is 1. The lowest BCUT2D eigenvalue weighted by atomic mass is 9.91. The molecule has 1 aliphatic rings. The Hall–Kier alpha value is -1.14. The Kier molecular flexibility index (Phi) is 2.86. The Morgan fingerprint density at radius 3 is 3.12 bits per heavy atom. The van der Waals surface area contributed by atoms with Gasteiger partial charge in [-0.25, -0.2) is 4.98 Å². The summed E-state index contributed by atoms with van der Waals surface area (Å²) in [6.45, 7) is 1.87. The maximum atomic E-state index is 11.9. The van der Waals surface area contributed by atoms with Crippen LogP contribution in [0.25, 0.3) is 0 Å². The van der Waals surface area contributed by atoms with E-state index in [-0.39, 0.29) is 12.5 Å². The molecule has 0 aliphatic carbocycles. The number of halogens is 1. The SMILES string of the molecule is CC1(CO)CNc2cc(Br)cnc2NC1=O. The van der Waals surface area contributed by atoms with Crippen molar-refractivity contribution in [3.8, 4) is 0 Å². The first-order chi connectivity index (χ1) is 7.55. The topological polar surface area (TPSA) is 74.2 Å². The fourth-order valence-electron chi connectivity index (χ4n) is 1.43. The second-order valence-electron chi connectivity index (χ2n) is 4.08. The molecule has 1 unspecified atom stereocenters. The summed E-state index contributed by atoms with van der Waals surface area (Å²) in [5, 5.41) is 15.0. The van der Waals surface area contributed by atoms with Crippen LogP contribution in [0.4, 0.5) is 11.5 Å². The molecule has 0 fully saturated rings. The first-order valence-corrected chi connectivity index (χ1v) is 5.66. The maximum Gasteiger partial charge on any atom is 0.235 e. The number of carbonyl (C=O) groups is 1. The number of nitrogens with one attached hydrogen (secondary N) is 2. The fraction of sp³-hybridized carbons (Fsp3) is 0.400. The highest BCUT2D eigenvalue weighted by Crippen LogP contribution is 2.30. The van der Waals surface area contributed by atoms with Crippen LogP contribution >= 0.6 is 15.9 Å². The van der Waals surface area contributed by atoms with Gasteiger partial charge in [0.05, 0.1) is 17.7 Å². The van der Waals surface area contributed by atoms with Gasteiger partial charge in [0.25, 0.3) is 0 Å². The molecule has 0 saturated heterocycles. The summed E-state index contributed by atoms with van der Waals surface area (Å²) in [6, 6.07) is 1.84. The minimum Gasteiger partial charge on any atom is -0.395 e. The van der Waals surface area contributed by atoms with E-state index in [0.29, 0.717) is 12.4 Å². The van der Waals surface area contributed by atoms with Gasteiger partial charge in [-0.15, -0.1) is 0 Å². The zero-order chi connectivity index (χ0) is 11.8. The Bertz CT molecular complexity index is 438. The maximum absolute atomic E-state index is 11.9. The molecule has 6 heteroatoms. The van der Waals surface area contributed by atoms with E-state index in [0.717, 1.165) is 10.2 Å². The normalized spacial score (nSPS) is 24.1. The molecule has 2 rings (SSSR count). The van der Waals surface area contributed by atoms with Crippen molar-refractivity contribution >= 4 is 33.3 Å². The van der Waals surface area contributed by atoms with Crippen molar-refractivity contribution in [2.24, 2.45) is 5.41 Å². The molecule has 1 aromatic rings. The van der Waals surface area contributed by atoms with E-state index in [2.05, 4.69) is 31.5 Å². The molecule has 0 bridgehead atoms. The number of amides is 1. The monoisotopic (exact) mass is 285 g/mol. The van der Waals surface area contributed by atoms with Gasteiger partial charge in [0.2, 0.25) is 5.91 Å². The number of nitrogens with zero attached hydrogens (tertiary/aromatic N) is 1. The lowest BCUT2D eigenvalue weighted by Gasteiger charge is -2.22. The Morgan fingerprint density at radius 1 is 1.69 bits per heavy atom. The molecular weight excluding hydrogens is 274 g/mol. The molecule has 0 saturated carbocycles. The second kappa shape index (κ2) is 4.03. The number of hydrogen-bond donors (Lipinski definition) is 3. The molecule has 3 N–H and O–H groups in total. The number of fused-ring (bicyclic) bond motifs is 1. The van der Waals surface area contributed by atoms with Crippen LogP contribution < -0.4 is 10.6 Å². The first kappa shape index (κ1) is 11.3. The van der Waals surface area contributed by atoms with Gasteiger partial charge in [0.15, 0.2) is 5.82 Å². The van der Waals surface area contributed by atoms with Crippen molar-refractivity contribution in [2.75, 3.05) is 23.8 Å². The van der Waals surface area contributed by atoms with Crippen LogP contribution in [-0.2, 0) is 4.79 Å². The highest BCUT2D eigenvalue weighted by Gasteiger charge is 2.35. The number of carbonyl (C=O) groups excluding carboxylic acids is 1. The predicted molar refractivity (Wildman–Crippen MR) is 64.2 cm³/mol. The van der Waals surface area contributed by atoms with Crippen LogP contribution in [0.2, 0.25) is 0 Å². The van der Waals surface area contributed by atoms with Crippen molar-refractivity contribution in [1.29, 1.82) is 0 Å². The standard InChI is InChI=1S/C10H12BrN3O2/c1-10(5-15)4-13-7-2-6(11)3-12-8(7)14-9(10)16/h2-3,13,15H,4-5H2,1H3,(H,12,14,16). The van der Waals surface area contributed by atoms with Crippen LogP contribution in [-0.4, -0.2) is 29.1 Å². The highest BCUT2D eigenvalue weighted by atomic mass is 79.9. The third-order valence-corrected chi connectivity index (χ3v) is 3.09. The average Bonchev–Trinajstić information content (AvgIpc) is 2.39. The van der Waals surface area contributed by atoms with E-state index in [1.807, 2.05) is 6.07 Å². The van der Waals surface area contributed by atoms with Crippen LogP contribution in [0.1, 0.15) is 6.92 Å². The number of rotatable bonds is 1. The minimum atomic E-state index is -0.826. The molecule has 1 amide bonds. The second-order valence-corrected chi connectivity index (χ2v) is 4.99. The molecule has 1 aliphatic heterocycles. The summed E-state index contributed by atoms with van der Waals surface area (Å²) in [6.07, 6.45) is 1.61. The Labute approximate surface area is 101 Å². The summed E-state index contributed by atoms with van der Waals surface area (Å²) >= 11 is 3.31. The number of pyridine rings is 1. The summed E-state index contributed by atoms with van der Waals surface area (Å²) in [5.74, 6) is 0.265. The van der Waals surface area contributed by atoms with Crippen molar-refractivity contribution < 1.29 is 9.90 Å².